The van der Waals surface area contributed by atoms with Gasteiger partial charge in [-0.25, -0.2) is 4.79 Å². The Balaban J connectivity index is 1.61. The van der Waals surface area contributed by atoms with E-state index in [1.807, 2.05) is 19.9 Å². The Hall–Kier alpha value is -2.61. The van der Waals surface area contributed by atoms with Crippen LogP contribution in [0.3, 0.4) is 0 Å². The zero-order valence-electron chi connectivity index (χ0n) is 15.6. The van der Waals surface area contributed by atoms with Crippen molar-refractivity contribution in [1.82, 2.24) is 15.5 Å². The van der Waals surface area contributed by atoms with Gasteiger partial charge in [-0.05, 0) is 26.3 Å². The number of carbonyl (C=O) groups excluding carboxylic acids is 3. The Morgan fingerprint density at radius 2 is 2.15 bits per heavy atom. The molecule has 2 heterocycles. The number of ether oxygens (including phenoxy) is 2. The zero-order chi connectivity index (χ0) is 19.4. The summed E-state index contributed by atoms with van der Waals surface area (Å²) in [6.45, 7) is 4.87. The largest absolute Gasteiger partial charge is 0.493 e. The number of benzene rings is 1. The molecular weight excluding hydrogens is 350 g/mol. The third-order valence-corrected chi connectivity index (χ3v) is 4.65. The van der Waals surface area contributed by atoms with E-state index in [4.69, 9.17) is 9.47 Å². The number of hydrogen-bond acceptors (Lipinski definition) is 5. The summed E-state index contributed by atoms with van der Waals surface area (Å²) in [5.74, 6) is -0.212. The van der Waals surface area contributed by atoms with E-state index in [0.29, 0.717) is 43.9 Å². The number of nitrogens with one attached hydrogen (secondary N) is 2. The number of fused-ring (bicyclic) bond motifs is 2. The first-order chi connectivity index (χ1) is 12.9. The van der Waals surface area contributed by atoms with Crippen LogP contribution >= 0.6 is 0 Å². The van der Waals surface area contributed by atoms with E-state index >= 15 is 0 Å². The highest BCUT2D eigenvalue weighted by molar-refractivity contribution is 6.09. The monoisotopic (exact) mass is 375 g/mol. The quantitative estimate of drug-likeness (QED) is 0.550. The number of hydrogen-bond donors (Lipinski definition) is 2. The van der Waals surface area contributed by atoms with Gasteiger partial charge in [-0.2, -0.15) is 0 Å². The topological polar surface area (TPSA) is 97.0 Å². The van der Waals surface area contributed by atoms with Crippen molar-refractivity contribution < 1.29 is 23.9 Å². The van der Waals surface area contributed by atoms with Crippen molar-refractivity contribution in [3.63, 3.8) is 0 Å². The molecule has 1 saturated heterocycles. The lowest BCUT2D eigenvalue weighted by molar-refractivity contribution is -0.136. The van der Waals surface area contributed by atoms with Gasteiger partial charge in [-0.1, -0.05) is 18.2 Å². The second-order valence-electron chi connectivity index (χ2n) is 6.94. The fourth-order valence-corrected chi connectivity index (χ4v) is 3.33. The summed E-state index contributed by atoms with van der Waals surface area (Å²) in [6.07, 6.45) is 1.14. The number of amides is 4. The molecule has 0 aromatic heterocycles. The SMILES string of the molecule is CC(C)OCCCNC(=O)CN1C(=O)N[C@@]2(CCOc3ccccc32)C1=O. The number of para-hydroxylation sites is 1. The lowest BCUT2D eigenvalue weighted by atomic mass is 9.84. The molecule has 0 unspecified atom stereocenters. The van der Waals surface area contributed by atoms with Crippen LogP contribution in [0.25, 0.3) is 0 Å². The second-order valence-corrected chi connectivity index (χ2v) is 6.94. The Morgan fingerprint density at radius 3 is 2.93 bits per heavy atom. The van der Waals surface area contributed by atoms with Crippen LogP contribution in [0, 0.1) is 0 Å². The third kappa shape index (κ3) is 3.90. The Morgan fingerprint density at radius 1 is 1.37 bits per heavy atom. The summed E-state index contributed by atoms with van der Waals surface area (Å²) >= 11 is 0. The highest BCUT2D eigenvalue weighted by Gasteiger charge is 2.55. The number of nitrogens with zero attached hydrogens (tertiary/aromatic N) is 1. The van der Waals surface area contributed by atoms with Crippen molar-refractivity contribution in [3.8, 4) is 5.75 Å². The van der Waals surface area contributed by atoms with Crippen molar-refractivity contribution >= 4 is 17.8 Å². The molecular formula is C19H25N3O5. The van der Waals surface area contributed by atoms with Crippen molar-refractivity contribution in [1.29, 1.82) is 0 Å². The molecule has 2 aliphatic heterocycles. The standard InChI is InChI=1S/C19H25N3O5/c1-13(2)26-10-5-9-20-16(23)12-22-17(24)19(21-18(22)25)8-11-27-15-7-4-3-6-14(15)19/h3-4,6-7,13H,5,8-12H2,1-2H3,(H,20,23)(H,21,25)/t19-/m1/s1. The van der Waals surface area contributed by atoms with Crippen molar-refractivity contribution in [3.05, 3.63) is 29.8 Å². The van der Waals surface area contributed by atoms with Gasteiger partial charge in [-0.3, -0.25) is 14.5 Å². The Bertz CT molecular complexity index is 736. The molecule has 1 fully saturated rings. The van der Waals surface area contributed by atoms with E-state index in [2.05, 4.69) is 10.6 Å². The minimum Gasteiger partial charge on any atom is -0.493 e. The van der Waals surface area contributed by atoms with E-state index in [1.54, 1.807) is 18.2 Å². The minimum atomic E-state index is -1.16. The lowest BCUT2D eigenvalue weighted by Gasteiger charge is -2.33. The molecule has 146 valence electrons. The van der Waals surface area contributed by atoms with Crippen LogP contribution in [0.5, 0.6) is 5.75 Å². The van der Waals surface area contributed by atoms with Crippen molar-refractivity contribution in [2.24, 2.45) is 0 Å². The molecule has 2 N–H and O–H groups in total. The van der Waals surface area contributed by atoms with Gasteiger partial charge in [0.25, 0.3) is 5.91 Å². The van der Waals surface area contributed by atoms with E-state index < -0.39 is 17.5 Å². The summed E-state index contributed by atoms with van der Waals surface area (Å²) in [5.41, 5.74) is -0.527. The smallest absolute Gasteiger partial charge is 0.325 e. The van der Waals surface area contributed by atoms with Crippen molar-refractivity contribution in [2.45, 2.75) is 38.3 Å². The molecule has 1 atom stereocenters. The van der Waals surface area contributed by atoms with Crippen LogP contribution in [-0.4, -0.2) is 55.2 Å². The van der Waals surface area contributed by atoms with Crippen LogP contribution in [-0.2, 0) is 19.9 Å². The number of carbonyl (C=O) groups is 3. The molecule has 0 bridgehead atoms. The van der Waals surface area contributed by atoms with Crippen LogP contribution in [0.2, 0.25) is 0 Å². The molecule has 1 spiro atoms. The number of urea groups is 1. The Labute approximate surface area is 158 Å². The van der Waals surface area contributed by atoms with E-state index in [9.17, 15) is 14.4 Å². The van der Waals surface area contributed by atoms with Gasteiger partial charge in [0.05, 0.1) is 12.7 Å². The molecule has 2 aliphatic rings. The fourth-order valence-electron chi connectivity index (χ4n) is 3.33. The van der Waals surface area contributed by atoms with Crippen LogP contribution < -0.4 is 15.4 Å². The van der Waals surface area contributed by atoms with E-state index in [0.717, 1.165) is 4.90 Å². The predicted octanol–water partition coefficient (Wildman–Crippen LogP) is 1.15. The third-order valence-electron chi connectivity index (χ3n) is 4.65. The zero-order valence-corrected chi connectivity index (χ0v) is 15.6. The summed E-state index contributed by atoms with van der Waals surface area (Å²) in [7, 11) is 0. The Kier molecular flexibility index (Phi) is 5.65. The maximum Gasteiger partial charge on any atom is 0.325 e. The summed E-state index contributed by atoms with van der Waals surface area (Å²) in [6, 6.07) is 6.58. The number of imide groups is 1. The molecule has 4 amide bonds. The summed E-state index contributed by atoms with van der Waals surface area (Å²) < 4.78 is 11.0. The van der Waals surface area contributed by atoms with Gasteiger partial charge >= 0.3 is 6.03 Å². The lowest BCUT2D eigenvalue weighted by Crippen LogP contribution is -2.48. The molecule has 27 heavy (non-hydrogen) atoms. The molecule has 0 radical (unpaired) electrons. The van der Waals surface area contributed by atoms with Crippen LogP contribution in [0.1, 0.15) is 32.3 Å². The first-order valence-corrected chi connectivity index (χ1v) is 9.19. The van der Waals surface area contributed by atoms with Gasteiger partial charge in [0.1, 0.15) is 12.3 Å². The molecule has 1 aromatic rings. The van der Waals surface area contributed by atoms with Gasteiger partial charge < -0.3 is 20.1 Å². The first-order valence-electron chi connectivity index (χ1n) is 9.19. The second kappa shape index (κ2) is 7.96. The average molecular weight is 375 g/mol. The van der Waals surface area contributed by atoms with Crippen molar-refractivity contribution in [2.75, 3.05) is 26.3 Å². The normalized spacial score (nSPS) is 21.2. The average Bonchev–Trinajstić information content (AvgIpc) is 2.86. The molecule has 3 rings (SSSR count). The maximum absolute atomic E-state index is 13.0. The highest BCUT2D eigenvalue weighted by Crippen LogP contribution is 2.40. The summed E-state index contributed by atoms with van der Waals surface area (Å²) in [5, 5.41) is 5.49. The molecule has 1 aromatic carbocycles. The first kappa shape index (κ1) is 19.2. The number of rotatable bonds is 7. The van der Waals surface area contributed by atoms with E-state index in [-0.39, 0.29) is 18.6 Å². The fraction of sp³-hybridized carbons (Fsp3) is 0.526. The minimum absolute atomic E-state index is 0.144. The van der Waals surface area contributed by atoms with Gasteiger partial charge in [-0.15, -0.1) is 0 Å². The van der Waals surface area contributed by atoms with E-state index in [1.165, 1.54) is 0 Å². The predicted molar refractivity (Wildman–Crippen MR) is 97.2 cm³/mol. The van der Waals surface area contributed by atoms with Gasteiger partial charge in [0, 0.05) is 25.1 Å². The molecule has 0 aliphatic carbocycles. The van der Waals surface area contributed by atoms with Crippen LogP contribution in [0.4, 0.5) is 4.79 Å². The van der Waals surface area contributed by atoms with Gasteiger partial charge in [0.2, 0.25) is 5.91 Å². The highest BCUT2D eigenvalue weighted by atomic mass is 16.5. The maximum atomic E-state index is 13.0. The van der Waals surface area contributed by atoms with Crippen LogP contribution in [0.15, 0.2) is 24.3 Å². The molecule has 8 heteroatoms. The van der Waals surface area contributed by atoms with Gasteiger partial charge in [0.15, 0.2) is 5.54 Å². The summed E-state index contributed by atoms with van der Waals surface area (Å²) in [4.78, 5) is 38.6. The molecule has 8 nitrogen and oxygen atoms in total. The molecule has 0 saturated carbocycles.